The molecule has 0 fully saturated rings. The van der Waals surface area contributed by atoms with Gasteiger partial charge in [0.15, 0.2) is 0 Å². The molecule has 0 saturated carbocycles. The van der Waals surface area contributed by atoms with Gasteiger partial charge in [-0.2, -0.15) is 0 Å². The number of nitrogens with two attached hydrogens (primary N) is 1. The smallest absolute Gasteiger partial charge is 0.140 e. The number of para-hydroxylation sites is 1. The summed E-state index contributed by atoms with van der Waals surface area (Å²) in [4.78, 5) is 5.44. The number of thiazole rings is 1. The van der Waals surface area contributed by atoms with Crippen LogP contribution in [-0.2, 0) is 13.0 Å². The zero-order chi connectivity index (χ0) is 13.0. The van der Waals surface area contributed by atoms with Crippen molar-refractivity contribution in [3.05, 3.63) is 45.9 Å². The summed E-state index contributed by atoms with van der Waals surface area (Å²) in [5.41, 5.74) is 6.74. The Kier molecular flexibility index (Phi) is 4.28. The molecule has 2 aromatic rings. The van der Waals surface area contributed by atoms with E-state index >= 15 is 0 Å². The second-order valence-electron chi connectivity index (χ2n) is 3.73. The number of aromatic nitrogens is 1. The third-order valence-corrected chi connectivity index (χ3v) is 3.85. The normalized spacial score (nSPS) is 10.3. The van der Waals surface area contributed by atoms with E-state index < -0.39 is 0 Å². The van der Waals surface area contributed by atoms with E-state index in [1.807, 2.05) is 18.2 Å². The molecule has 18 heavy (non-hydrogen) atoms. The Morgan fingerprint density at radius 3 is 2.89 bits per heavy atom. The van der Waals surface area contributed by atoms with Crippen molar-refractivity contribution < 1.29 is 4.74 Å². The van der Waals surface area contributed by atoms with Gasteiger partial charge in [-0.3, -0.25) is 0 Å². The molecule has 0 saturated heterocycles. The van der Waals surface area contributed by atoms with Crippen molar-refractivity contribution in [1.29, 1.82) is 0 Å². The molecule has 0 amide bonds. The fourth-order valence-corrected chi connectivity index (χ4v) is 2.43. The zero-order valence-electron chi connectivity index (χ0n) is 10.1. The summed E-state index contributed by atoms with van der Waals surface area (Å²) in [5.74, 6) is 0.909. The maximum absolute atomic E-state index is 5.77. The van der Waals surface area contributed by atoms with Crippen molar-refractivity contribution in [2.45, 2.75) is 20.0 Å². The fourth-order valence-electron chi connectivity index (χ4n) is 1.57. The average Bonchev–Trinajstić information content (AvgIpc) is 2.85. The van der Waals surface area contributed by atoms with Crippen molar-refractivity contribution in [1.82, 2.24) is 4.98 Å². The highest BCUT2D eigenvalue weighted by atomic mass is 32.1. The van der Waals surface area contributed by atoms with E-state index in [1.165, 1.54) is 16.9 Å². The van der Waals surface area contributed by atoms with Crippen LogP contribution in [0.2, 0.25) is 0 Å². The largest absolute Gasteiger partial charge is 0.486 e. The molecule has 0 aliphatic rings. The molecule has 0 bridgehead atoms. The summed E-state index contributed by atoms with van der Waals surface area (Å²) in [5, 5.41) is 0.878. The number of hydrogen-bond donors (Lipinski definition) is 1. The molecular formula is C13H14N2OS2. The molecule has 0 aliphatic carbocycles. The zero-order valence-corrected chi connectivity index (χ0v) is 11.7. The van der Waals surface area contributed by atoms with Crippen LogP contribution < -0.4 is 10.5 Å². The number of rotatable bonds is 5. The molecule has 0 atom stereocenters. The first-order valence-electron chi connectivity index (χ1n) is 5.66. The van der Waals surface area contributed by atoms with Crippen LogP contribution in [0.4, 0.5) is 0 Å². The Labute approximate surface area is 116 Å². The highest BCUT2D eigenvalue weighted by Gasteiger charge is 2.06. The number of thiocarbonyl (C=S) groups is 1. The summed E-state index contributed by atoms with van der Waals surface area (Å²) < 4.78 is 5.77. The molecule has 2 N–H and O–H groups in total. The summed E-state index contributed by atoms with van der Waals surface area (Å²) in [7, 11) is 0. The Bertz CT molecular complexity index is 551. The second-order valence-corrected chi connectivity index (χ2v) is 5.29. The van der Waals surface area contributed by atoms with E-state index in [1.54, 1.807) is 6.20 Å². The first-order chi connectivity index (χ1) is 8.70. The van der Waals surface area contributed by atoms with Crippen LogP contribution in [0.5, 0.6) is 5.75 Å². The number of ether oxygens (including phenoxy) is 1. The standard InChI is InChI=1S/C13H14N2OS2/c1-2-9-5-3-4-6-10(9)16-8-12-15-7-11(18-12)13(14)17/h3-7H,2,8H2,1H3,(H2,14,17). The molecule has 0 spiro atoms. The Hall–Kier alpha value is -1.46. The Morgan fingerprint density at radius 2 is 2.22 bits per heavy atom. The van der Waals surface area contributed by atoms with Gasteiger partial charge in [-0.1, -0.05) is 37.3 Å². The topological polar surface area (TPSA) is 48.1 Å². The monoisotopic (exact) mass is 278 g/mol. The summed E-state index contributed by atoms with van der Waals surface area (Å²) in [6.07, 6.45) is 2.64. The Balaban J connectivity index is 2.04. The van der Waals surface area contributed by atoms with Gasteiger partial charge in [0.25, 0.3) is 0 Å². The van der Waals surface area contributed by atoms with E-state index in [9.17, 15) is 0 Å². The van der Waals surface area contributed by atoms with Crippen LogP contribution in [0.25, 0.3) is 0 Å². The summed E-state index contributed by atoms with van der Waals surface area (Å²) >= 11 is 6.37. The van der Waals surface area contributed by atoms with Crippen molar-refractivity contribution >= 4 is 28.5 Å². The predicted octanol–water partition coefficient (Wildman–Crippen LogP) is 2.92. The minimum Gasteiger partial charge on any atom is -0.486 e. The van der Waals surface area contributed by atoms with Gasteiger partial charge in [-0.25, -0.2) is 4.98 Å². The maximum atomic E-state index is 5.77. The van der Waals surface area contributed by atoms with Crippen LogP contribution in [0.15, 0.2) is 30.5 Å². The van der Waals surface area contributed by atoms with E-state index in [-0.39, 0.29) is 0 Å². The number of aryl methyl sites for hydroxylation is 1. The van der Waals surface area contributed by atoms with E-state index in [4.69, 9.17) is 22.7 Å². The number of nitrogens with zero attached hydrogens (tertiary/aromatic N) is 1. The number of benzene rings is 1. The van der Waals surface area contributed by atoms with Crippen LogP contribution in [0, 0.1) is 0 Å². The summed E-state index contributed by atoms with van der Waals surface area (Å²) in [6.45, 7) is 2.56. The van der Waals surface area contributed by atoms with Crippen molar-refractivity contribution in [2.75, 3.05) is 0 Å². The van der Waals surface area contributed by atoms with Crippen molar-refractivity contribution in [3.63, 3.8) is 0 Å². The molecule has 2 rings (SSSR count). The Morgan fingerprint density at radius 1 is 1.44 bits per heavy atom. The van der Waals surface area contributed by atoms with Crippen LogP contribution >= 0.6 is 23.6 Å². The molecule has 1 aromatic carbocycles. The maximum Gasteiger partial charge on any atom is 0.140 e. The highest BCUT2D eigenvalue weighted by Crippen LogP contribution is 2.21. The minimum absolute atomic E-state index is 0.382. The number of hydrogen-bond acceptors (Lipinski definition) is 4. The lowest BCUT2D eigenvalue weighted by atomic mass is 10.1. The van der Waals surface area contributed by atoms with Gasteiger partial charge in [0.2, 0.25) is 0 Å². The molecule has 0 unspecified atom stereocenters. The van der Waals surface area contributed by atoms with Gasteiger partial charge in [0, 0.05) is 6.20 Å². The minimum atomic E-state index is 0.382. The van der Waals surface area contributed by atoms with Gasteiger partial charge in [0.1, 0.15) is 22.4 Å². The van der Waals surface area contributed by atoms with Gasteiger partial charge in [0.05, 0.1) is 4.88 Å². The van der Waals surface area contributed by atoms with Crippen molar-refractivity contribution in [2.24, 2.45) is 5.73 Å². The van der Waals surface area contributed by atoms with E-state index in [0.717, 1.165) is 22.1 Å². The molecule has 3 nitrogen and oxygen atoms in total. The lowest BCUT2D eigenvalue weighted by Gasteiger charge is -2.08. The van der Waals surface area contributed by atoms with E-state index in [0.29, 0.717) is 11.6 Å². The molecule has 1 heterocycles. The third-order valence-electron chi connectivity index (χ3n) is 2.50. The van der Waals surface area contributed by atoms with Crippen LogP contribution in [-0.4, -0.2) is 9.97 Å². The lowest BCUT2D eigenvalue weighted by Crippen LogP contribution is -2.06. The lowest BCUT2D eigenvalue weighted by molar-refractivity contribution is 0.302. The molecule has 1 aromatic heterocycles. The van der Waals surface area contributed by atoms with Gasteiger partial charge in [-0.15, -0.1) is 11.3 Å². The molecule has 0 radical (unpaired) electrons. The first kappa shape index (κ1) is 13.0. The van der Waals surface area contributed by atoms with Gasteiger partial charge in [-0.05, 0) is 18.1 Å². The quantitative estimate of drug-likeness (QED) is 0.854. The van der Waals surface area contributed by atoms with E-state index in [2.05, 4.69) is 18.0 Å². The molecule has 5 heteroatoms. The first-order valence-corrected chi connectivity index (χ1v) is 6.88. The van der Waals surface area contributed by atoms with Crippen molar-refractivity contribution in [3.8, 4) is 5.75 Å². The van der Waals surface area contributed by atoms with Gasteiger partial charge >= 0.3 is 0 Å². The fraction of sp³-hybridized carbons (Fsp3) is 0.231. The molecule has 94 valence electrons. The van der Waals surface area contributed by atoms with Gasteiger partial charge < -0.3 is 10.5 Å². The molecule has 0 aliphatic heterocycles. The SMILES string of the molecule is CCc1ccccc1OCc1ncc(C(N)=S)s1. The third kappa shape index (κ3) is 3.05. The predicted molar refractivity (Wildman–Crippen MR) is 78.2 cm³/mol. The molecular weight excluding hydrogens is 264 g/mol. The van der Waals surface area contributed by atoms with Crippen LogP contribution in [0.1, 0.15) is 22.4 Å². The average molecular weight is 278 g/mol. The van der Waals surface area contributed by atoms with Crippen LogP contribution in [0.3, 0.4) is 0 Å². The second kappa shape index (κ2) is 5.93. The highest BCUT2D eigenvalue weighted by molar-refractivity contribution is 7.81. The summed E-state index contributed by atoms with van der Waals surface area (Å²) in [6, 6.07) is 8.02.